The molecule has 0 radical (unpaired) electrons. The van der Waals surface area contributed by atoms with Gasteiger partial charge in [0, 0.05) is 36.6 Å². The number of thiophene rings is 1. The van der Waals surface area contributed by atoms with Crippen LogP contribution in [0.2, 0.25) is 0 Å². The molecule has 4 heteroatoms. The molecule has 1 atom stereocenters. The van der Waals surface area contributed by atoms with Gasteiger partial charge in [-0.2, -0.15) is 0 Å². The number of nitrogens with zero attached hydrogens (tertiary/aromatic N) is 1. The number of nitrogens with one attached hydrogen (secondary N) is 1. The summed E-state index contributed by atoms with van der Waals surface area (Å²) < 4.78 is 5.51. The normalized spacial score (nSPS) is 21.3. The lowest BCUT2D eigenvalue weighted by atomic mass is 10.2. The van der Waals surface area contributed by atoms with E-state index in [-0.39, 0.29) is 0 Å². The number of hydrogen-bond acceptors (Lipinski definition) is 4. The maximum absolute atomic E-state index is 5.51. The summed E-state index contributed by atoms with van der Waals surface area (Å²) >= 11 is 1.84. The monoisotopic (exact) mass is 254 g/mol. The highest BCUT2D eigenvalue weighted by atomic mass is 32.1. The summed E-state index contributed by atoms with van der Waals surface area (Å²) in [5.41, 5.74) is 0. The first kappa shape index (κ1) is 13.0. The number of ether oxygens (including phenoxy) is 1. The molecular weight excluding hydrogens is 232 g/mol. The Morgan fingerprint density at radius 2 is 2.47 bits per heavy atom. The zero-order valence-electron chi connectivity index (χ0n) is 10.7. The molecule has 1 aliphatic rings. The first-order valence-electron chi connectivity index (χ1n) is 6.33. The fourth-order valence-electron chi connectivity index (χ4n) is 2.08. The summed E-state index contributed by atoms with van der Waals surface area (Å²) in [7, 11) is 0. The van der Waals surface area contributed by atoms with E-state index in [1.54, 1.807) is 0 Å². The molecule has 0 aromatic carbocycles. The lowest BCUT2D eigenvalue weighted by Gasteiger charge is -2.32. The van der Waals surface area contributed by atoms with Gasteiger partial charge in [-0.25, -0.2) is 0 Å². The highest BCUT2D eigenvalue weighted by Crippen LogP contribution is 2.14. The Bertz CT molecular complexity index is 307. The quantitative estimate of drug-likeness (QED) is 0.869. The third kappa shape index (κ3) is 4.07. The average molecular weight is 254 g/mol. The van der Waals surface area contributed by atoms with E-state index in [0.29, 0.717) is 12.1 Å². The van der Waals surface area contributed by atoms with Gasteiger partial charge in [0.1, 0.15) is 0 Å². The third-order valence-electron chi connectivity index (χ3n) is 3.12. The fourth-order valence-corrected chi connectivity index (χ4v) is 2.81. The Labute approximate surface area is 108 Å². The van der Waals surface area contributed by atoms with Crippen LogP contribution in [-0.2, 0) is 11.3 Å². The molecule has 0 saturated carbocycles. The molecule has 1 fully saturated rings. The zero-order valence-corrected chi connectivity index (χ0v) is 11.5. The molecule has 2 heterocycles. The molecular formula is C13H22N2OS. The average Bonchev–Trinajstić information content (AvgIpc) is 2.82. The summed E-state index contributed by atoms with van der Waals surface area (Å²) in [5, 5.41) is 5.67. The van der Waals surface area contributed by atoms with Crippen molar-refractivity contribution in [2.45, 2.75) is 32.5 Å². The van der Waals surface area contributed by atoms with Crippen LogP contribution < -0.4 is 5.32 Å². The van der Waals surface area contributed by atoms with E-state index in [1.165, 1.54) is 4.88 Å². The standard InChI is InChI=1S/C13H22N2OS/c1-11(2)15(9-13-4-3-7-17-13)8-12-10-16-6-5-14-12/h3-4,7,11-12,14H,5-6,8-10H2,1-2H3. The van der Waals surface area contributed by atoms with Crippen molar-refractivity contribution < 1.29 is 4.74 Å². The van der Waals surface area contributed by atoms with Crippen molar-refractivity contribution in [3.8, 4) is 0 Å². The first-order valence-corrected chi connectivity index (χ1v) is 7.21. The van der Waals surface area contributed by atoms with Crippen LogP contribution in [-0.4, -0.2) is 43.3 Å². The van der Waals surface area contributed by atoms with Crippen LogP contribution in [0.1, 0.15) is 18.7 Å². The van der Waals surface area contributed by atoms with E-state index in [1.807, 2.05) is 11.3 Å². The smallest absolute Gasteiger partial charge is 0.0632 e. The lowest BCUT2D eigenvalue weighted by molar-refractivity contribution is 0.0554. The van der Waals surface area contributed by atoms with Crippen LogP contribution in [0.4, 0.5) is 0 Å². The molecule has 96 valence electrons. The predicted molar refractivity (Wildman–Crippen MR) is 72.5 cm³/mol. The van der Waals surface area contributed by atoms with Gasteiger partial charge in [-0.15, -0.1) is 11.3 Å². The molecule has 0 aliphatic carbocycles. The molecule has 17 heavy (non-hydrogen) atoms. The Morgan fingerprint density at radius 1 is 1.59 bits per heavy atom. The highest BCUT2D eigenvalue weighted by molar-refractivity contribution is 7.09. The van der Waals surface area contributed by atoms with E-state index in [2.05, 4.69) is 41.6 Å². The molecule has 1 unspecified atom stereocenters. The molecule has 1 N–H and O–H groups in total. The third-order valence-corrected chi connectivity index (χ3v) is 3.98. The van der Waals surface area contributed by atoms with Crippen LogP contribution >= 0.6 is 11.3 Å². The van der Waals surface area contributed by atoms with Gasteiger partial charge in [-0.1, -0.05) is 6.07 Å². The van der Waals surface area contributed by atoms with Crippen molar-refractivity contribution in [2.24, 2.45) is 0 Å². The molecule has 1 saturated heterocycles. The summed E-state index contributed by atoms with van der Waals surface area (Å²) in [6.45, 7) is 9.31. The van der Waals surface area contributed by atoms with Crippen molar-refractivity contribution in [3.63, 3.8) is 0 Å². The van der Waals surface area contributed by atoms with Gasteiger partial charge in [-0.05, 0) is 25.3 Å². The molecule has 1 aromatic heterocycles. The molecule has 1 aromatic rings. The van der Waals surface area contributed by atoms with Gasteiger partial charge in [0.25, 0.3) is 0 Å². The molecule has 0 bridgehead atoms. The van der Waals surface area contributed by atoms with Gasteiger partial charge in [0.15, 0.2) is 0 Å². The Morgan fingerprint density at radius 3 is 3.06 bits per heavy atom. The van der Waals surface area contributed by atoms with E-state index < -0.39 is 0 Å². The highest BCUT2D eigenvalue weighted by Gasteiger charge is 2.19. The topological polar surface area (TPSA) is 24.5 Å². The maximum atomic E-state index is 5.51. The van der Waals surface area contributed by atoms with Crippen LogP contribution in [0.5, 0.6) is 0 Å². The minimum atomic E-state index is 0.478. The predicted octanol–water partition coefficient (Wildman–Crippen LogP) is 1.95. The van der Waals surface area contributed by atoms with Crippen molar-refractivity contribution in [1.82, 2.24) is 10.2 Å². The van der Waals surface area contributed by atoms with Gasteiger partial charge in [-0.3, -0.25) is 4.90 Å². The van der Waals surface area contributed by atoms with E-state index in [9.17, 15) is 0 Å². The fraction of sp³-hybridized carbons (Fsp3) is 0.692. The molecule has 0 spiro atoms. The van der Waals surface area contributed by atoms with Crippen LogP contribution in [0.25, 0.3) is 0 Å². The Hall–Kier alpha value is -0.420. The molecule has 1 aliphatic heterocycles. The second kappa shape index (κ2) is 6.50. The number of hydrogen-bond donors (Lipinski definition) is 1. The summed E-state index contributed by atoms with van der Waals surface area (Å²) in [4.78, 5) is 3.95. The molecule has 0 amide bonds. The van der Waals surface area contributed by atoms with Crippen molar-refractivity contribution in [3.05, 3.63) is 22.4 Å². The molecule has 3 nitrogen and oxygen atoms in total. The zero-order chi connectivity index (χ0) is 12.1. The first-order chi connectivity index (χ1) is 8.25. The van der Waals surface area contributed by atoms with Crippen molar-refractivity contribution in [1.29, 1.82) is 0 Å². The maximum Gasteiger partial charge on any atom is 0.0632 e. The summed E-state index contributed by atoms with van der Waals surface area (Å²) in [6.07, 6.45) is 0. The van der Waals surface area contributed by atoms with Gasteiger partial charge in [0.2, 0.25) is 0 Å². The Balaban J connectivity index is 1.87. The van der Waals surface area contributed by atoms with Gasteiger partial charge in [0.05, 0.1) is 13.2 Å². The van der Waals surface area contributed by atoms with Crippen molar-refractivity contribution >= 4 is 11.3 Å². The lowest BCUT2D eigenvalue weighted by Crippen LogP contribution is -2.49. The minimum Gasteiger partial charge on any atom is -0.378 e. The summed E-state index contributed by atoms with van der Waals surface area (Å²) in [5.74, 6) is 0. The minimum absolute atomic E-state index is 0.478. The number of morpholine rings is 1. The van der Waals surface area contributed by atoms with E-state index >= 15 is 0 Å². The second-order valence-corrected chi connectivity index (χ2v) is 5.86. The van der Waals surface area contributed by atoms with Crippen LogP contribution in [0, 0.1) is 0 Å². The SMILES string of the molecule is CC(C)N(Cc1cccs1)CC1COCCN1. The van der Waals surface area contributed by atoms with E-state index in [4.69, 9.17) is 4.74 Å². The van der Waals surface area contributed by atoms with Crippen LogP contribution in [0.15, 0.2) is 17.5 Å². The van der Waals surface area contributed by atoms with Crippen LogP contribution in [0.3, 0.4) is 0 Å². The largest absolute Gasteiger partial charge is 0.378 e. The second-order valence-electron chi connectivity index (χ2n) is 4.83. The van der Waals surface area contributed by atoms with Crippen molar-refractivity contribution in [2.75, 3.05) is 26.3 Å². The van der Waals surface area contributed by atoms with Gasteiger partial charge >= 0.3 is 0 Å². The Kier molecular flexibility index (Phi) is 4.98. The molecule has 2 rings (SSSR count). The summed E-state index contributed by atoms with van der Waals surface area (Å²) in [6, 6.07) is 5.39. The van der Waals surface area contributed by atoms with Gasteiger partial charge < -0.3 is 10.1 Å². The number of rotatable bonds is 5. The van der Waals surface area contributed by atoms with E-state index in [0.717, 1.165) is 32.8 Å².